The molecule has 1 aromatic rings. The molecule has 0 aromatic heterocycles. The zero-order valence-corrected chi connectivity index (χ0v) is 7.55. The van der Waals surface area contributed by atoms with Gasteiger partial charge in [-0.25, -0.2) is 4.39 Å². The number of aliphatic imine (C=N–C) groups is 1. The molecule has 2 rings (SSSR count). The highest BCUT2D eigenvalue weighted by Crippen LogP contribution is 2.21. The number of benzene rings is 1. The van der Waals surface area contributed by atoms with Gasteiger partial charge in [0.25, 0.3) is 0 Å². The maximum absolute atomic E-state index is 13.3. The van der Waals surface area contributed by atoms with Gasteiger partial charge in [0.05, 0.1) is 12.2 Å². The molecule has 0 amide bonds. The van der Waals surface area contributed by atoms with Crippen molar-refractivity contribution in [2.24, 2.45) is 4.99 Å². The molecule has 4 N–H and O–H groups in total. The number of hydrogen-bond donors (Lipinski definition) is 3. The van der Waals surface area contributed by atoms with Crippen LogP contribution < -0.4 is 16.4 Å². The number of anilines is 2. The summed E-state index contributed by atoms with van der Waals surface area (Å²) in [7, 11) is 0. The second kappa shape index (κ2) is 3.53. The first-order valence-corrected chi connectivity index (χ1v) is 4.37. The summed E-state index contributed by atoms with van der Waals surface area (Å²) in [6.07, 6.45) is 0. The van der Waals surface area contributed by atoms with Gasteiger partial charge in [0.2, 0.25) is 0 Å². The fraction of sp³-hybridized carbons (Fsp3) is 0.222. The highest BCUT2D eigenvalue weighted by molar-refractivity contribution is 5.97. The number of para-hydroxylation sites is 1. The molecule has 1 heterocycles. The highest BCUT2D eigenvalue weighted by atomic mass is 19.1. The standard InChI is InChI=1S/C9H11FN4/c10-6-2-1-3-7(11)8(6)14-9-12-4-5-13-9/h1-3H,4-5,11H2,(H2,12,13,14). The summed E-state index contributed by atoms with van der Waals surface area (Å²) in [6, 6.07) is 4.56. The number of guanidine groups is 1. The molecule has 0 radical (unpaired) electrons. The van der Waals surface area contributed by atoms with Crippen molar-refractivity contribution in [1.29, 1.82) is 0 Å². The largest absolute Gasteiger partial charge is 0.397 e. The van der Waals surface area contributed by atoms with Crippen LogP contribution in [-0.4, -0.2) is 19.0 Å². The SMILES string of the molecule is Nc1cccc(F)c1NC1=NCCN1. The van der Waals surface area contributed by atoms with Crippen LogP contribution in [0.5, 0.6) is 0 Å². The number of nitrogens with one attached hydrogen (secondary N) is 2. The Morgan fingerprint density at radius 2 is 2.36 bits per heavy atom. The van der Waals surface area contributed by atoms with E-state index in [0.717, 1.165) is 6.54 Å². The van der Waals surface area contributed by atoms with E-state index in [-0.39, 0.29) is 11.5 Å². The van der Waals surface area contributed by atoms with Crippen LogP contribution >= 0.6 is 0 Å². The fourth-order valence-electron chi connectivity index (χ4n) is 1.27. The number of nitrogens with two attached hydrogens (primary N) is 1. The zero-order valence-electron chi connectivity index (χ0n) is 7.55. The van der Waals surface area contributed by atoms with Gasteiger partial charge in [0, 0.05) is 6.54 Å². The summed E-state index contributed by atoms with van der Waals surface area (Å²) in [4.78, 5) is 4.09. The Labute approximate surface area is 81.0 Å². The zero-order chi connectivity index (χ0) is 9.97. The summed E-state index contributed by atoms with van der Waals surface area (Å²) in [5, 5.41) is 5.79. The van der Waals surface area contributed by atoms with Gasteiger partial charge in [-0.05, 0) is 12.1 Å². The van der Waals surface area contributed by atoms with Gasteiger partial charge in [-0.2, -0.15) is 0 Å². The lowest BCUT2D eigenvalue weighted by atomic mass is 10.2. The first-order valence-electron chi connectivity index (χ1n) is 4.37. The summed E-state index contributed by atoms with van der Waals surface area (Å²) in [5.41, 5.74) is 6.27. The van der Waals surface area contributed by atoms with Crippen LogP contribution in [-0.2, 0) is 0 Å². The average molecular weight is 194 g/mol. The smallest absolute Gasteiger partial charge is 0.196 e. The van der Waals surface area contributed by atoms with E-state index in [1.807, 2.05) is 0 Å². The van der Waals surface area contributed by atoms with Crippen LogP contribution in [0.2, 0.25) is 0 Å². The number of rotatable bonds is 1. The third-order valence-electron chi connectivity index (χ3n) is 1.96. The maximum atomic E-state index is 13.3. The van der Waals surface area contributed by atoms with E-state index in [0.29, 0.717) is 18.2 Å². The second-order valence-electron chi connectivity index (χ2n) is 2.99. The van der Waals surface area contributed by atoms with Crippen molar-refractivity contribution < 1.29 is 4.39 Å². The van der Waals surface area contributed by atoms with E-state index in [9.17, 15) is 4.39 Å². The molecule has 5 heteroatoms. The van der Waals surface area contributed by atoms with Crippen molar-refractivity contribution in [3.05, 3.63) is 24.0 Å². The van der Waals surface area contributed by atoms with Crippen LogP contribution in [0.15, 0.2) is 23.2 Å². The minimum atomic E-state index is -0.374. The number of halogens is 1. The lowest BCUT2D eigenvalue weighted by Gasteiger charge is -2.09. The molecular weight excluding hydrogens is 183 g/mol. The normalized spacial score (nSPS) is 14.8. The number of hydrogen-bond acceptors (Lipinski definition) is 4. The Bertz CT molecular complexity index is 355. The molecule has 0 saturated heterocycles. The molecular formula is C9H11FN4. The molecule has 1 aromatic carbocycles. The molecule has 1 aliphatic heterocycles. The van der Waals surface area contributed by atoms with Gasteiger partial charge >= 0.3 is 0 Å². The minimum absolute atomic E-state index is 0.278. The van der Waals surface area contributed by atoms with Crippen LogP contribution in [0.25, 0.3) is 0 Å². The molecule has 14 heavy (non-hydrogen) atoms. The van der Waals surface area contributed by atoms with Gasteiger partial charge < -0.3 is 16.4 Å². The predicted octanol–water partition coefficient (Wildman–Crippen LogP) is 0.779. The second-order valence-corrected chi connectivity index (χ2v) is 2.99. The van der Waals surface area contributed by atoms with Gasteiger partial charge in [0.1, 0.15) is 11.5 Å². The topological polar surface area (TPSA) is 62.4 Å². The molecule has 0 unspecified atom stereocenters. The van der Waals surface area contributed by atoms with Crippen molar-refractivity contribution in [2.75, 3.05) is 24.1 Å². The van der Waals surface area contributed by atoms with E-state index >= 15 is 0 Å². The van der Waals surface area contributed by atoms with Crippen LogP contribution in [0.1, 0.15) is 0 Å². The lowest BCUT2D eigenvalue weighted by molar-refractivity contribution is 0.632. The highest BCUT2D eigenvalue weighted by Gasteiger charge is 2.10. The van der Waals surface area contributed by atoms with E-state index in [1.54, 1.807) is 12.1 Å². The van der Waals surface area contributed by atoms with Gasteiger partial charge in [0.15, 0.2) is 5.96 Å². The lowest BCUT2D eigenvalue weighted by Crippen LogP contribution is -2.27. The van der Waals surface area contributed by atoms with Gasteiger partial charge in [-0.3, -0.25) is 4.99 Å². The molecule has 0 atom stereocenters. The Hall–Kier alpha value is -1.78. The molecule has 74 valence electrons. The molecule has 0 fully saturated rings. The summed E-state index contributed by atoms with van der Waals surface area (Å²) in [6.45, 7) is 1.48. The maximum Gasteiger partial charge on any atom is 0.196 e. The Kier molecular flexibility index (Phi) is 2.22. The third-order valence-corrected chi connectivity index (χ3v) is 1.96. The van der Waals surface area contributed by atoms with Gasteiger partial charge in [-0.15, -0.1) is 0 Å². The molecule has 0 bridgehead atoms. The Morgan fingerprint density at radius 1 is 1.50 bits per heavy atom. The predicted molar refractivity (Wildman–Crippen MR) is 54.7 cm³/mol. The van der Waals surface area contributed by atoms with Crippen molar-refractivity contribution >= 4 is 17.3 Å². The first-order chi connectivity index (χ1) is 6.77. The number of nitrogens with zero attached hydrogens (tertiary/aromatic N) is 1. The molecule has 1 aliphatic rings. The van der Waals surface area contributed by atoms with E-state index in [2.05, 4.69) is 15.6 Å². The third kappa shape index (κ3) is 1.61. The molecule has 0 aliphatic carbocycles. The average Bonchev–Trinajstić information content (AvgIpc) is 2.64. The van der Waals surface area contributed by atoms with Crippen molar-refractivity contribution in [3.63, 3.8) is 0 Å². The van der Waals surface area contributed by atoms with E-state index in [1.165, 1.54) is 6.07 Å². The van der Waals surface area contributed by atoms with Crippen molar-refractivity contribution in [2.45, 2.75) is 0 Å². The van der Waals surface area contributed by atoms with Crippen molar-refractivity contribution in [3.8, 4) is 0 Å². The summed E-state index contributed by atoms with van der Waals surface area (Å²) in [5.74, 6) is 0.197. The van der Waals surface area contributed by atoms with Crippen molar-refractivity contribution in [1.82, 2.24) is 5.32 Å². The van der Waals surface area contributed by atoms with E-state index in [4.69, 9.17) is 5.73 Å². The first kappa shape index (κ1) is 8.80. The summed E-state index contributed by atoms with van der Waals surface area (Å²) < 4.78 is 13.3. The quantitative estimate of drug-likeness (QED) is 0.579. The summed E-state index contributed by atoms with van der Waals surface area (Å²) >= 11 is 0. The molecule has 0 spiro atoms. The monoisotopic (exact) mass is 194 g/mol. The Balaban J connectivity index is 2.23. The minimum Gasteiger partial charge on any atom is -0.397 e. The van der Waals surface area contributed by atoms with Crippen LogP contribution in [0.4, 0.5) is 15.8 Å². The van der Waals surface area contributed by atoms with Gasteiger partial charge in [-0.1, -0.05) is 6.07 Å². The molecule has 0 saturated carbocycles. The number of nitrogen functional groups attached to an aromatic ring is 1. The van der Waals surface area contributed by atoms with Crippen LogP contribution in [0.3, 0.4) is 0 Å². The van der Waals surface area contributed by atoms with E-state index < -0.39 is 0 Å². The Morgan fingerprint density at radius 3 is 3.00 bits per heavy atom. The molecule has 4 nitrogen and oxygen atoms in total. The van der Waals surface area contributed by atoms with Crippen LogP contribution in [0, 0.1) is 5.82 Å². The fourth-order valence-corrected chi connectivity index (χ4v) is 1.27.